The Morgan fingerprint density at radius 3 is 2.35 bits per heavy atom. The lowest BCUT2D eigenvalue weighted by Crippen LogP contribution is -2.41. The summed E-state index contributed by atoms with van der Waals surface area (Å²) in [6, 6.07) is 0. The van der Waals surface area contributed by atoms with E-state index in [2.05, 4.69) is 5.32 Å². The van der Waals surface area contributed by atoms with Crippen molar-refractivity contribution in [1.29, 1.82) is 0 Å². The smallest absolute Gasteiger partial charge is 0.236 e. The average molecular weight is 260 g/mol. The molecule has 6 nitrogen and oxygen atoms in total. The highest BCUT2D eigenvalue weighted by Gasteiger charge is 2.13. The van der Waals surface area contributed by atoms with Crippen LogP contribution in [0.1, 0.15) is 6.42 Å². The number of nitrogens with one attached hydrogen (secondary N) is 1. The molecule has 0 aliphatic rings. The van der Waals surface area contributed by atoms with Gasteiger partial charge in [0.2, 0.25) is 11.8 Å². The van der Waals surface area contributed by atoms with Gasteiger partial charge in [-0.3, -0.25) is 14.5 Å². The minimum absolute atomic E-state index is 0.0624. The van der Waals surface area contributed by atoms with Crippen LogP contribution in [0, 0.1) is 0 Å². The molecule has 0 aliphatic heterocycles. The summed E-state index contributed by atoms with van der Waals surface area (Å²) in [6.45, 7) is 0.897. The van der Waals surface area contributed by atoms with E-state index in [9.17, 15) is 9.59 Å². The molecular formula is C10H20N4O2S. The lowest BCUT2D eigenvalue weighted by atomic mass is 10.3. The van der Waals surface area contributed by atoms with Crippen molar-refractivity contribution in [3.8, 4) is 0 Å². The quantitative estimate of drug-likeness (QED) is 0.562. The van der Waals surface area contributed by atoms with E-state index < -0.39 is 0 Å². The molecule has 0 aliphatic carbocycles. The Morgan fingerprint density at radius 2 is 1.88 bits per heavy atom. The van der Waals surface area contributed by atoms with E-state index in [1.54, 1.807) is 30.9 Å². The number of hydrogen-bond donors (Lipinski definition) is 2. The van der Waals surface area contributed by atoms with E-state index in [-0.39, 0.29) is 24.9 Å². The summed E-state index contributed by atoms with van der Waals surface area (Å²) in [5.41, 5.74) is 5.36. The summed E-state index contributed by atoms with van der Waals surface area (Å²) in [5.74, 6) is -0.182. The van der Waals surface area contributed by atoms with Crippen LogP contribution in [0.5, 0.6) is 0 Å². The van der Waals surface area contributed by atoms with Crippen molar-refractivity contribution in [3.63, 3.8) is 0 Å². The molecule has 0 atom stereocenters. The average Bonchev–Trinajstić information content (AvgIpc) is 2.25. The van der Waals surface area contributed by atoms with Gasteiger partial charge in [0.15, 0.2) is 0 Å². The lowest BCUT2D eigenvalue weighted by molar-refractivity contribution is -0.131. The predicted octanol–water partition coefficient (Wildman–Crippen LogP) is -1.20. The molecule has 17 heavy (non-hydrogen) atoms. The van der Waals surface area contributed by atoms with Crippen molar-refractivity contribution >= 4 is 29.0 Å². The van der Waals surface area contributed by atoms with Gasteiger partial charge in [-0.05, 0) is 7.05 Å². The van der Waals surface area contributed by atoms with Crippen LogP contribution < -0.4 is 11.1 Å². The fourth-order valence-corrected chi connectivity index (χ4v) is 1.23. The van der Waals surface area contributed by atoms with Crippen molar-refractivity contribution in [1.82, 2.24) is 15.1 Å². The number of likely N-dealkylation sites (N-methyl/N-ethyl adjacent to an activating group) is 3. The van der Waals surface area contributed by atoms with Gasteiger partial charge in [-0.2, -0.15) is 0 Å². The third-order valence-corrected chi connectivity index (χ3v) is 2.42. The standard InChI is InChI=1S/C10H20N4O2S/c1-12-9(15)6-13(2)7-10(16)14(3)5-4-8(11)17/h4-7H2,1-3H3,(H2,11,17)(H,12,15). The predicted molar refractivity (Wildman–Crippen MR) is 70.6 cm³/mol. The van der Waals surface area contributed by atoms with Gasteiger partial charge in [0.05, 0.1) is 18.1 Å². The molecule has 98 valence electrons. The molecule has 0 fully saturated rings. The van der Waals surface area contributed by atoms with Crippen molar-refractivity contribution in [2.24, 2.45) is 5.73 Å². The lowest BCUT2D eigenvalue weighted by Gasteiger charge is -2.21. The van der Waals surface area contributed by atoms with Crippen LogP contribution in [0.25, 0.3) is 0 Å². The van der Waals surface area contributed by atoms with Crippen LogP contribution in [0.15, 0.2) is 0 Å². The molecule has 3 N–H and O–H groups in total. The third kappa shape index (κ3) is 7.64. The number of carbonyl (C=O) groups is 2. The second-order valence-electron chi connectivity index (χ2n) is 3.88. The van der Waals surface area contributed by atoms with E-state index in [1.165, 1.54) is 0 Å². The van der Waals surface area contributed by atoms with Crippen LogP contribution >= 0.6 is 12.2 Å². The number of rotatable bonds is 7. The zero-order valence-electron chi connectivity index (χ0n) is 10.5. The van der Waals surface area contributed by atoms with Gasteiger partial charge in [-0.25, -0.2) is 0 Å². The molecular weight excluding hydrogens is 240 g/mol. The number of nitrogens with zero attached hydrogens (tertiary/aromatic N) is 2. The molecule has 0 aromatic heterocycles. The fraction of sp³-hybridized carbons (Fsp3) is 0.700. The first kappa shape index (κ1) is 15.8. The maximum Gasteiger partial charge on any atom is 0.236 e. The van der Waals surface area contributed by atoms with E-state index in [0.29, 0.717) is 18.0 Å². The van der Waals surface area contributed by atoms with E-state index in [1.807, 2.05) is 0 Å². The number of thiocarbonyl (C=S) groups is 1. The first-order valence-corrected chi connectivity index (χ1v) is 5.69. The molecule has 0 rings (SSSR count). The second kappa shape index (κ2) is 7.97. The number of hydrogen-bond acceptors (Lipinski definition) is 4. The fourth-order valence-electron chi connectivity index (χ4n) is 1.13. The Balaban J connectivity index is 3.98. The van der Waals surface area contributed by atoms with Gasteiger partial charge in [0.1, 0.15) is 0 Å². The highest BCUT2D eigenvalue weighted by Crippen LogP contribution is 1.92. The van der Waals surface area contributed by atoms with Crippen LogP contribution in [0.3, 0.4) is 0 Å². The third-order valence-electron chi connectivity index (χ3n) is 2.22. The maximum absolute atomic E-state index is 11.7. The van der Waals surface area contributed by atoms with Crippen molar-refractivity contribution in [3.05, 3.63) is 0 Å². The Hall–Kier alpha value is -1.21. The molecule has 2 amide bonds. The molecule has 7 heteroatoms. The zero-order chi connectivity index (χ0) is 13.4. The summed E-state index contributed by atoms with van der Waals surface area (Å²) in [5, 5.41) is 2.50. The minimum atomic E-state index is -0.119. The van der Waals surface area contributed by atoms with Gasteiger partial charge < -0.3 is 16.0 Å². The molecule has 0 saturated carbocycles. The van der Waals surface area contributed by atoms with E-state index in [4.69, 9.17) is 18.0 Å². The number of amides is 2. The Labute approximate surface area is 107 Å². The molecule has 0 unspecified atom stereocenters. The molecule has 0 aromatic carbocycles. The van der Waals surface area contributed by atoms with E-state index >= 15 is 0 Å². The van der Waals surface area contributed by atoms with Gasteiger partial charge >= 0.3 is 0 Å². The Bertz CT molecular complexity index is 296. The monoisotopic (exact) mass is 260 g/mol. The van der Waals surface area contributed by atoms with Crippen molar-refractivity contribution in [2.45, 2.75) is 6.42 Å². The summed E-state index contributed by atoms with van der Waals surface area (Å²) in [7, 11) is 4.97. The second-order valence-corrected chi connectivity index (χ2v) is 4.40. The van der Waals surface area contributed by atoms with Gasteiger partial charge in [-0.15, -0.1) is 0 Å². The normalized spacial score (nSPS) is 10.1. The summed E-state index contributed by atoms with van der Waals surface area (Å²) < 4.78 is 0. The Kier molecular flexibility index (Phi) is 7.40. The Morgan fingerprint density at radius 1 is 1.29 bits per heavy atom. The van der Waals surface area contributed by atoms with E-state index in [0.717, 1.165) is 0 Å². The SMILES string of the molecule is CNC(=O)CN(C)CC(=O)N(C)CCC(N)=S. The van der Waals surface area contributed by atoms with Crippen LogP contribution in [-0.2, 0) is 9.59 Å². The van der Waals surface area contributed by atoms with Crippen LogP contribution in [0.4, 0.5) is 0 Å². The van der Waals surface area contributed by atoms with Gasteiger partial charge in [0.25, 0.3) is 0 Å². The minimum Gasteiger partial charge on any atom is -0.393 e. The van der Waals surface area contributed by atoms with Crippen molar-refractivity contribution in [2.75, 3.05) is 40.8 Å². The molecule has 0 saturated heterocycles. The molecule has 0 aromatic rings. The summed E-state index contributed by atoms with van der Waals surface area (Å²) in [4.78, 5) is 26.4. The summed E-state index contributed by atoms with van der Waals surface area (Å²) in [6.07, 6.45) is 0.511. The highest BCUT2D eigenvalue weighted by atomic mass is 32.1. The van der Waals surface area contributed by atoms with Crippen LogP contribution in [-0.4, -0.2) is 67.4 Å². The van der Waals surface area contributed by atoms with Crippen LogP contribution in [0.2, 0.25) is 0 Å². The molecule has 0 radical (unpaired) electrons. The maximum atomic E-state index is 11.7. The van der Waals surface area contributed by atoms with Crippen molar-refractivity contribution < 1.29 is 9.59 Å². The molecule has 0 heterocycles. The first-order chi connectivity index (χ1) is 7.86. The number of nitrogens with two attached hydrogens (primary N) is 1. The molecule has 0 bridgehead atoms. The number of carbonyl (C=O) groups excluding carboxylic acids is 2. The zero-order valence-corrected chi connectivity index (χ0v) is 11.3. The van der Waals surface area contributed by atoms with Gasteiger partial charge in [-0.1, -0.05) is 12.2 Å². The van der Waals surface area contributed by atoms with Gasteiger partial charge in [0, 0.05) is 27.1 Å². The largest absolute Gasteiger partial charge is 0.393 e. The summed E-state index contributed by atoms with van der Waals surface area (Å²) >= 11 is 4.74. The highest BCUT2D eigenvalue weighted by molar-refractivity contribution is 7.80. The first-order valence-electron chi connectivity index (χ1n) is 5.28. The topological polar surface area (TPSA) is 78.7 Å². The molecule has 0 spiro atoms.